The van der Waals surface area contributed by atoms with Gasteiger partial charge in [-0.15, -0.1) is 11.3 Å². The van der Waals surface area contributed by atoms with E-state index in [2.05, 4.69) is 11.6 Å². The van der Waals surface area contributed by atoms with Crippen molar-refractivity contribution in [1.82, 2.24) is 4.90 Å². The molecule has 0 aliphatic carbocycles. The lowest BCUT2D eigenvalue weighted by Crippen LogP contribution is -2.49. The molecule has 1 fully saturated rings. The summed E-state index contributed by atoms with van der Waals surface area (Å²) in [7, 11) is -3.59. The second-order valence-electron chi connectivity index (χ2n) is 6.63. The predicted octanol–water partition coefficient (Wildman–Crippen LogP) is 2.75. The molecule has 140 valence electrons. The third-order valence-corrected chi connectivity index (χ3v) is 7.43. The van der Waals surface area contributed by atoms with Gasteiger partial charge in [0.15, 0.2) is 0 Å². The molecule has 0 spiro atoms. The molecule has 3 N–H and O–H groups in total. The summed E-state index contributed by atoms with van der Waals surface area (Å²) < 4.78 is 27.3. The van der Waals surface area contributed by atoms with Gasteiger partial charge >= 0.3 is 0 Å². The molecule has 1 aromatic carbocycles. The minimum Gasteiger partial charge on any atom is -0.334 e. The van der Waals surface area contributed by atoms with Crippen molar-refractivity contribution in [1.29, 1.82) is 0 Å². The zero-order valence-corrected chi connectivity index (χ0v) is 16.2. The molecule has 3 rings (SSSR count). The van der Waals surface area contributed by atoms with Crippen LogP contribution in [-0.2, 0) is 10.0 Å². The Morgan fingerprint density at radius 2 is 2.04 bits per heavy atom. The van der Waals surface area contributed by atoms with Crippen LogP contribution in [0.25, 0.3) is 0 Å². The number of nitrogens with two attached hydrogens (primary N) is 1. The largest absolute Gasteiger partial charge is 0.334 e. The molecule has 0 saturated carbocycles. The smallest absolute Gasteiger partial charge is 0.271 e. The monoisotopic (exact) mass is 393 g/mol. The molecule has 0 radical (unpaired) electrons. The van der Waals surface area contributed by atoms with E-state index in [-0.39, 0.29) is 16.2 Å². The van der Waals surface area contributed by atoms with Gasteiger partial charge in [0, 0.05) is 30.4 Å². The molecule has 6 nitrogen and oxygen atoms in total. The van der Waals surface area contributed by atoms with E-state index in [1.165, 1.54) is 0 Å². The van der Waals surface area contributed by atoms with Crippen molar-refractivity contribution in [3.8, 4) is 0 Å². The van der Waals surface area contributed by atoms with Crippen LogP contribution < -0.4 is 10.5 Å². The second-order valence-corrected chi connectivity index (χ2v) is 9.49. The molecule has 1 amide bonds. The second kappa shape index (κ2) is 7.77. The lowest BCUT2D eigenvalue weighted by molar-refractivity contribution is 0.0573. The summed E-state index contributed by atoms with van der Waals surface area (Å²) in [5.74, 6) is 0.515. The summed E-state index contributed by atoms with van der Waals surface area (Å²) in [4.78, 5) is 14.6. The number of amides is 1. The Bertz CT molecular complexity index is 848. The maximum Gasteiger partial charge on any atom is 0.271 e. The van der Waals surface area contributed by atoms with Crippen LogP contribution in [0.15, 0.2) is 46.0 Å². The number of sulfonamides is 1. The normalized spacial score (nSPS) is 20.8. The predicted molar refractivity (Wildman–Crippen MR) is 104 cm³/mol. The van der Waals surface area contributed by atoms with Crippen LogP contribution in [0.2, 0.25) is 0 Å². The van der Waals surface area contributed by atoms with E-state index in [4.69, 9.17) is 5.73 Å². The first-order chi connectivity index (χ1) is 12.4. The molecule has 2 unspecified atom stereocenters. The molecule has 1 aliphatic heterocycles. The van der Waals surface area contributed by atoms with Gasteiger partial charge in [0.05, 0.1) is 0 Å². The number of nitrogens with one attached hydrogen (secondary N) is 1. The maximum absolute atomic E-state index is 12.8. The highest BCUT2D eigenvalue weighted by Crippen LogP contribution is 2.25. The SMILES string of the molecule is CC1CCN(C(=O)c2ccc(NS(=O)(=O)c3cccs3)cc2)C(CN)C1. The van der Waals surface area contributed by atoms with Crippen LogP contribution >= 0.6 is 11.3 Å². The highest BCUT2D eigenvalue weighted by atomic mass is 32.2. The Morgan fingerprint density at radius 1 is 1.31 bits per heavy atom. The zero-order valence-electron chi connectivity index (χ0n) is 14.6. The maximum atomic E-state index is 12.8. The van der Waals surface area contributed by atoms with Gasteiger partial charge in [-0.1, -0.05) is 13.0 Å². The van der Waals surface area contributed by atoms with Crippen LogP contribution in [0.5, 0.6) is 0 Å². The van der Waals surface area contributed by atoms with Gasteiger partial charge in [-0.3, -0.25) is 9.52 Å². The first-order valence-electron chi connectivity index (χ1n) is 8.58. The van der Waals surface area contributed by atoms with Crippen molar-refractivity contribution >= 4 is 33.0 Å². The number of thiophene rings is 1. The molecule has 0 bridgehead atoms. The number of carbonyl (C=O) groups excluding carboxylic acids is 1. The van der Waals surface area contributed by atoms with Crippen molar-refractivity contribution < 1.29 is 13.2 Å². The summed E-state index contributed by atoms with van der Waals surface area (Å²) in [5, 5.41) is 1.71. The van der Waals surface area contributed by atoms with E-state index in [0.717, 1.165) is 24.2 Å². The molecule has 2 aromatic rings. The standard InChI is InChI=1S/C18H23N3O3S2/c1-13-8-9-21(16(11-13)12-19)18(22)14-4-6-15(7-5-14)20-26(23,24)17-3-2-10-25-17/h2-7,10,13,16,20H,8-9,11-12,19H2,1H3. The minimum absolute atomic E-state index is 0.0555. The van der Waals surface area contributed by atoms with E-state index in [0.29, 0.717) is 30.3 Å². The zero-order chi connectivity index (χ0) is 18.7. The van der Waals surface area contributed by atoms with Gasteiger partial charge in [-0.2, -0.15) is 0 Å². The first kappa shape index (κ1) is 18.9. The van der Waals surface area contributed by atoms with Crippen molar-refractivity contribution in [3.63, 3.8) is 0 Å². The van der Waals surface area contributed by atoms with Crippen molar-refractivity contribution in [2.45, 2.75) is 30.0 Å². The van der Waals surface area contributed by atoms with Crippen molar-refractivity contribution in [3.05, 3.63) is 47.3 Å². The Balaban J connectivity index is 1.72. The van der Waals surface area contributed by atoms with E-state index in [1.54, 1.807) is 41.8 Å². The number of rotatable bonds is 5. The van der Waals surface area contributed by atoms with Gasteiger partial charge in [0.1, 0.15) is 4.21 Å². The summed E-state index contributed by atoms with van der Waals surface area (Å²) in [5.41, 5.74) is 6.81. The van der Waals surface area contributed by atoms with Crippen LogP contribution in [0.4, 0.5) is 5.69 Å². The van der Waals surface area contributed by atoms with Gasteiger partial charge in [0.2, 0.25) is 0 Å². The third kappa shape index (κ3) is 4.08. The van der Waals surface area contributed by atoms with Crippen molar-refractivity contribution in [2.24, 2.45) is 11.7 Å². The van der Waals surface area contributed by atoms with E-state index >= 15 is 0 Å². The van der Waals surface area contributed by atoms with Crippen molar-refractivity contribution in [2.75, 3.05) is 17.8 Å². The Kier molecular flexibility index (Phi) is 5.64. The molecule has 2 atom stereocenters. The average Bonchev–Trinajstić information content (AvgIpc) is 3.17. The Morgan fingerprint density at radius 3 is 2.65 bits per heavy atom. The third-order valence-electron chi connectivity index (χ3n) is 4.65. The quantitative estimate of drug-likeness (QED) is 0.817. The number of carbonyl (C=O) groups is 1. The number of piperidine rings is 1. The molecular formula is C18H23N3O3S2. The van der Waals surface area contributed by atoms with Crippen LogP contribution in [0.1, 0.15) is 30.1 Å². The molecule has 26 heavy (non-hydrogen) atoms. The van der Waals surface area contributed by atoms with E-state index < -0.39 is 10.0 Å². The number of anilines is 1. The average molecular weight is 394 g/mol. The Labute approximate surface area is 158 Å². The van der Waals surface area contributed by atoms with E-state index in [9.17, 15) is 13.2 Å². The summed E-state index contributed by atoms with van der Waals surface area (Å²) in [6.07, 6.45) is 1.89. The fourth-order valence-corrected chi connectivity index (χ4v) is 5.26. The lowest BCUT2D eigenvalue weighted by atomic mass is 9.92. The van der Waals surface area contributed by atoms with Crippen LogP contribution in [-0.4, -0.2) is 38.4 Å². The van der Waals surface area contributed by atoms with Gasteiger partial charge in [-0.05, 0) is 54.5 Å². The first-order valence-corrected chi connectivity index (χ1v) is 10.9. The number of hydrogen-bond donors (Lipinski definition) is 2. The highest BCUT2D eigenvalue weighted by molar-refractivity contribution is 7.94. The lowest BCUT2D eigenvalue weighted by Gasteiger charge is -2.38. The number of nitrogens with zero attached hydrogens (tertiary/aromatic N) is 1. The molecule has 1 saturated heterocycles. The number of likely N-dealkylation sites (tertiary alicyclic amines) is 1. The summed E-state index contributed by atoms with van der Waals surface area (Å²) >= 11 is 1.16. The topological polar surface area (TPSA) is 92.5 Å². The summed E-state index contributed by atoms with van der Waals surface area (Å²) in [6, 6.07) is 9.83. The molecule has 2 heterocycles. The van der Waals surface area contributed by atoms with Gasteiger partial charge in [-0.25, -0.2) is 8.42 Å². The molecular weight excluding hydrogens is 370 g/mol. The summed E-state index contributed by atoms with van der Waals surface area (Å²) in [6.45, 7) is 3.34. The minimum atomic E-state index is -3.59. The number of hydrogen-bond acceptors (Lipinski definition) is 5. The van der Waals surface area contributed by atoms with E-state index in [1.807, 2.05) is 4.90 Å². The van der Waals surface area contributed by atoms with Crippen LogP contribution in [0, 0.1) is 5.92 Å². The molecule has 8 heteroatoms. The highest BCUT2D eigenvalue weighted by Gasteiger charge is 2.29. The van der Waals surface area contributed by atoms with Crippen LogP contribution in [0.3, 0.4) is 0 Å². The van der Waals surface area contributed by atoms with Gasteiger partial charge < -0.3 is 10.6 Å². The molecule has 1 aliphatic rings. The fourth-order valence-electron chi connectivity index (χ4n) is 3.21. The fraction of sp³-hybridized carbons (Fsp3) is 0.389. The molecule has 1 aromatic heterocycles. The van der Waals surface area contributed by atoms with Gasteiger partial charge in [0.25, 0.3) is 15.9 Å². The number of benzene rings is 1. The Hall–Kier alpha value is -1.90.